The van der Waals surface area contributed by atoms with Gasteiger partial charge in [-0.1, -0.05) is 35.9 Å². The van der Waals surface area contributed by atoms with Crippen LogP contribution in [0.3, 0.4) is 0 Å². The normalized spacial score (nSPS) is 10.7. The number of nitrogens with two attached hydrogens (primary N) is 1. The number of nitrogens with zero attached hydrogens (tertiary/aromatic N) is 3. The Labute approximate surface area is 119 Å². The number of nitrogen functional groups attached to an aromatic ring is 1. The number of phenolic OH excluding ortho intramolecular Hbond substituents is 1. The molecular formula is C13H10ClN5O. The molecule has 0 amide bonds. The van der Waals surface area contributed by atoms with Gasteiger partial charge in [0.05, 0.1) is 5.69 Å². The lowest BCUT2D eigenvalue weighted by molar-refractivity contribution is 0.480. The third-order valence-corrected chi connectivity index (χ3v) is 3.14. The van der Waals surface area contributed by atoms with Gasteiger partial charge in [0, 0.05) is 16.1 Å². The molecule has 0 unspecified atom stereocenters. The lowest BCUT2D eigenvalue weighted by Crippen LogP contribution is -1.89. The van der Waals surface area contributed by atoms with E-state index in [1.807, 2.05) is 24.3 Å². The number of hydrogen-bond donors (Lipinski definition) is 3. The van der Waals surface area contributed by atoms with Crippen LogP contribution < -0.4 is 5.73 Å². The molecule has 0 saturated heterocycles. The Morgan fingerprint density at radius 1 is 1.10 bits per heavy atom. The van der Waals surface area contributed by atoms with Crippen LogP contribution in [0.5, 0.6) is 5.75 Å². The van der Waals surface area contributed by atoms with Crippen molar-refractivity contribution in [2.75, 3.05) is 5.73 Å². The van der Waals surface area contributed by atoms with E-state index in [2.05, 4.69) is 20.6 Å². The van der Waals surface area contributed by atoms with E-state index in [1.54, 1.807) is 6.07 Å². The quantitative estimate of drug-likeness (QED) is 0.496. The van der Waals surface area contributed by atoms with Crippen LogP contribution in [0.15, 0.2) is 36.4 Å². The van der Waals surface area contributed by atoms with Crippen LogP contribution in [0.2, 0.25) is 5.02 Å². The summed E-state index contributed by atoms with van der Waals surface area (Å²) in [5.41, 5.74) is 8.17. The number of tetrazole rings is 1. The molecular weight excluding hydrogens is 278 g/mol. The Bertz CT molecular complexity index is 740. The summed E-state index contributed by atoms with van der Waals surface area (Å²) < 4.78 is 0. The molecule has 1 aromatic heterocycles. The predicted molar refractivity (Wildman–Crippen MR) is 76.1 cm³/mol. The van der Waals surface area contributed by atoms with E-state index in [4.69, 9.17) is 17.3 Å². The second-order valence-electron chi connectivity index (χ2n) is 4.22. The molecule has 100 valence electrons. The SMILES string of the molecule is Nc1cc(Cl)cc(-c2ccc(-c3nnn[nH]3)cc2)c1O. The summed E-state index contributed by atoms with van der Waals surface area (Å²) in [5, 5.41) is 24.0. The monoisotopic (exact) mass is 287 g/mol. The van der Waals surface area contributed by atoms with Crippen molar-refractivity contribution in [3.63, 3.8) is 0 Å². The van der Waals surface area contributed by atoms with Crippen LogP contribution in [0.25, 0.3) is 22.5 Å². The zero-order valence-corrected chi connectivity index (χ0v) is 11.0. The van der Waals surface area contributed by atoms with Crippen LogP contribution in [0, 0.1) is 0 Å². The average Bonchev–Trinajstić information content (AvgIpc) is 2.97. The van der Waals surface area contributed by atoms with Gasteiger partial charge in [-0.25, -0.2) is 5.10 Å². The number of nitrogens with one attached hydrogen (secondary N) is 1. The van der Waals surface area contributed by atoms with Crippen molar-refractivity contribution in [2.45, 2.75) is 0 Å². The Morgan fingerprint density at radius 3 is 2.45 bits per heavy atom. The highest BCUT2D eigenvalue weighted by atomic mass is 35.5. The summed E-state index contributed by atoms with van der Waals surface area (Å²) in [7, 11) is 0. The minimum atomic E-state index is 0.0171. The number of aromatic hydroxyl groups is 1. The summed E-state index contributed by atoms with van der Waals surface area (Å²) in [6, 6.07) is 10.5. The molecule has 0 atom stereocenters. The molecule has 3 rings (SSSR count). The Kier molecular flexibility index (Phi) is 3.00. The average molecular weight is 288 g/mol. The highest BCUT2D eigenvalue weighted by Crippen LogP contribution is 2.37. The van der Waals surface area contributed by atoms with Crippen molar-refractivity contribution in [3.8, 4) is 28.3 Å². The van der Waals surface area contributed by atoms with Gasteiger partial charge >= 0.3 is 0 Å². The minimum Gasteiger partial charge on any atom is -0.505 e. The molecule has 0 spiro atoms. The van der Waals surface area contributed by atoms with E-state index in [0.717, 1.165) is 11.1 Å². The molecule has 0 aliphatic rings. The predicted octanol–water partition coefficient (Wildman–Crippen LogP) is 2.47. The maximum absolute atomic E-state index is 10.0. The largest absolute Gasteiger partial charge is 0.505 e. The number of rotatable bonds is 2. The van der Waals surface area contributed by atoms with E-state index < -0.39 is 0 Å². The smallest absolute Gasteiger partial charge is 0.179 e. The third kappa shape index (κ3) is 2.17. The highest BCUT2D eigenvalue weighted by Gasteiger charge is 2.10. The van der Waals surface area contributed by atoms with Crippen molar-refractivity contribution in [1.29, 1.82) is 0 Å². The number of halogens is 1. The summed E-state index contributed by atoms with van der Waals surface area (Å²) in [5.74, 6) is 0.592. The lowest BCUT2D eigenvalue weighted by Gasteiger charge is -2.08. The van der Waals surface area contributed by atoms with E-state index in [9.17, 15) is 5.11 Å². The second kappa shape index (κ2) is 4.82. The number of H-pyrrole nitrogens is 1. The maximum atomic E-state index is 10.0. The first kappa shape index (κ1) is 12.4. The highest BCUT2D eigenvalue weighted by molar-refractivity contribution is 6.31. The van der Waals surface area contributed by atoms with Gasteiger partial charge in [-0.2, -0.15) is 0 Å². The first-order valence-electron chi connectivity index (χ1n) is 5.77. The zero-order chi connectivity index (χ0) is 14.1. The molecule has 0 saturated carbocycles. The van der Waals surface area contributed by atoms with E-state index in [0.29, 0.717) is 16.4 Å². The summed E-state index contributed by atoms with van der Waals surface area (Å²) in [6.45, 7) is 0. The Morgan fingerprint density at radius 2 is 1.80 bits per heavy atom. The number of aromatic nitrogens is 4. The summed E-state index contributed by atoms with van der Waals surface area (Å²) in [4.78, 5) is 0. The van der Waals surface area contributed by atoms with Gasteiger partial charge in [0.1, 0.15) is 5.75 Å². The molecule has 6 nitrogen and oxygen atoms in total. The van der Waals surface area contributed by atoms with E-state index in [-0.39, 0.29) is 11.4 Å². The van der Waals surface area contributed by atoms with Gasteiger partial charge in [-0.05, 0) is 28.1 Å². The molecule has 20 heavy (non-hydrogen) atoms. The number of benzene rings is 2. The van der Waals surface area contributed by atoms with Crippen LogP contribution in [-0.2, 0) is 0 Å². The molecule has 0 bridgehead atoms. The van der Waals surface area contributed by atoms with Crippen LogP contribution in [-0.4, -0.2) is 25.7 Å². The first-order valence-corrected chi connectivity index (χ1v) is 6.15. The Balaban J connectivity index is 2.04. The topological polar surface area (TPSA) is 101 Å². The number of aromatic amines is 1. The molecule has 0 radical (unpaired) electrons. The van der Waals surface area contributed by atoms with E-state index >= 15 is 0 Å². The maximum Gasteiger partial charge on any atom is 0.179 e. The molecule has 0 aliphatic heterocycles. The van der Waals surface area contributed by atoms with Gasteiger partial charge in [0.25, 0.3) is 0 Å². The first-order chi connectivity index (χ1) is 9.65. The van der Waals surface area contributed by atoms with Gasteiger partial charge in [-0.3, -0.25) is 0 Å². The molecule has 2 aromatic carbocycles. The molecule has 0 fully saturated rings. The van der Waals surface area contributed by atoms with Crippen molar-refractivity contribution in [1.82, 2.24) is 20.6 Å². The van der Waals surface area contributed by atoms with Gasteiger partial charge in [0.2, 0.25) is 0 Å². The fourth-order valence-electron chi connectivity index (χ4n) is 1.93. The van der Waals surface area contributed by atoms with Crippen molar-refractivity contribution < 1.29 is 5.11 Å². The number of anilines is 1. The molecule has 7 heteroatoms. The number of phenols is 1. The summed E-state index contributed by atoms with van der Waals surface area (Å²) >= 11 is 5.96. The lowest BCUT2D eigenvalue weighted by atomic mass is 10.0. The van der Waals surface area contributed by atoms with Gasteiger partial charge in [0.15, 0.2) is 5.82 Å². The van der Waals surface area contributed by atoms with E-state index in [1.165, 1.54) is 6.07 Å². The minimum absolute atomic E-state index is 0.0171. The summed E-state index contributed by atoms with van der Waals surface area (Å²) in [6.07, 6.45) is 0. The van der Waals surface area contributed by atoms with Crippen LogP contribution in [0.1, 0.15) is 0 Å². The van der Waals surface area contributed by atoms with Gasteiger partial charge in [-0.15, -0.1) is 5.10 Å². The zero-order valence-electron chi connectivity index (χ0n) is 10.2. The second-order valence-corrected chi connectivity index (χ2v) is 4.65. The molecule has 0 aliphatic carbocycles. The van der Waals surface area contributed by atoms with Crippen molar-refractivity contribution >= 4 is 17.3 Å². The molecule has 3 aromatic rings. The Hall–Kier alpha value is -2.60. The molecule has 1 heterocycles. The number of hydrogen-bond acceptors (Lipinski definition) is 5. The fraction of sp³-hybridized carbons (Fsp3) is 0. The van der Waals surface area contributed by atoms with Gasteiger partial charge < -0.3 is 10.8 Å². The standard InChI is InChI=1S/C13H10ClN5O/c14-9-5-10(12(20)11(15)6-9)7-1-3-8(4-2-7)13-16-18-19-17-13/h1-6,20H,15H2,(H,16,17,18,19). The molecule has 4 N–H and O–H groups in total. The van der Waals surface area contributed by atoms with Crippen molar-refractivity contribution in [3.05, 3.63) is 41.4 Å². The fourth-order valence-corrected chi connectivity index (χ4v) is 2.16. The van der Waals surface area contributed by atoms with Crippen LogP contribution in [0.4, 0.5) is 5.69 Å². The van der Waals surface area contributed by atoms with Crippen LogP contribution >= 0.6 is 11.6 Å². The van der Waals surface area contributed by atoms with Crippen molar-refractivity contribution in [2.24, 2.45) is 0 Å². The third-order valence-electron chi connectivity index (χ3n) is 2.92.